The van der Waals surface area contributed by atoms with E-state index in [1.54, 1.807) is 24.7 Å². The van der Waals surface area contributed by atoms with Gasteiger partial charge < -0.3 is 10.3 Å². The van der Waals surface area contributed by atoms with Gasteiger partial charge in [-0.2, -0.15) is 0 Å². The van der Waals surface area contributed by atoms with Gasteiger partial charge in [0.15, 0.2) is 5.17 Å². The molecule has 0 radical (unpaired) electrons. The summed E-state index contributed by atoms with van der Waals surface area (Å²) >= 11 is 1.37. The fourth-order valence-electron chi connectivity index (χ4n) is 3.58. The minimum Gasteiger partial charge on any atom is -0.378 e. The number of aliphatic imine (C=N–C) groups is 1. The average molecular weight is 429 g/mol. The standard InChI is InChI=1S/C21H22F2N4SSi/c1-29(2,3)9-6-15-4-5-17(23)16(10-15)21(12-22)18-11-20(18,28-19(24)26-21)13-27-8-7-25-14-27/h4-5,7-8,10-11,14H,12-13H2,1-3H3,(H2,24,26)/t20-,21-/m1/s1. The molecule has 4 rings (SSSR count). The second-order valence-corrected chi connectivity index (χ2v) is 14.5. The highest BCUT2D eigenvalue weighted by molar-refractivity contribution is 8.15. The zero-order chi connectivity index (χ0) is 20.9. The van der Waals surface area contributed by atoms with E-state index in [2.05, 4.69) is 41.1 Å². The van der Waals surface area contributed by atoms with E-state index in [0.29, 0.717) is 12.1 Å². The number of amidine groups is 1. The Kier molecular flexibility index (Phi) is 4.71. The fraction of sp³-hybridized carbons (Fsp3) is 0.333. The molecule has 8 heteroatoms. The predicted octanol–water partition coefficient (Wildman–Crippen LogP) is 3.86. The molecule has 150 valence electrons. The topological polar surface area (TPSA) is 56.2 Å². The van der Waals surface area contributed by atoms with E-state index in [4.69, 9.17) is 5.73 Å². The molecule has 2 heterocycles. The van der Waals surface area contributed by atoms with Gasteiger partial charge in [0.25, 0.3) is 0 Å². The lowest BCUT2D eigenvalue weighted by Crippen LogP contribution is -2.40. The SMILES string of the molecule is C[Si](C)(C)C#Cc1ccc(F)c([C@@]2(CF)N=C(N)S[C@@]3(Cn4ccnc4)C=C32)c1. The Morgan fingerprint density at radius 1 is 1.31 bits per heavy atom. The van der Waals surface area contributed by atoms with E-state index in [1.165, 1.54) is 17.8 Å². The molecule has 2 atom stereocenters. The Labute approximate surface area is 174 Å². The Morgan fingerprint density at radius 2 is 2.10 bits per heavy atom. The highest BCUT2D eigenvalue weighted by Gasteiger charge is 2.60. The predicted molar refractivity (Wildman–Crippen MR) is 117 cm³/mol. The number of hydrogen-bond donors (Lipinski definition) is 1. The van der Waals surface area contributed by atoms with Crippen molar-refractivity contribution in [2.45, 2.75) is 36.5 Å². The minimum atomic E-state index is -1.60. The maximum atomic E-state index is 14.9. The maximum Gasteiger partial charge on any atom is 0.156 e. The van der Waals surface area contributed by atoms with Crippen LogP contribution in [0.1, 0.15) is 11.1 Å². The monoisotopic (exact) mass is 428 g/mol. The molecule has 0 amide bonds. The number of imidazole rings is 1. The van der Waals surface area contributed by atoms with Crippen molar-refractivity contribution < 1.29 is 8.78 Å². The number of alkyl halides is 1. The van der Waals surface area contributed by atoms with E-state index in [1.807, 2.05) is 16.8 Å². The molecule has 1 aromatic heterocycles. The van der Waals surface area contributed by atoms with Gasteiger partial charge in [0.1, 0.15) is 26.1 Å². The molecule has 2 N–H and O–H groups in total. The molecule has 1 aliphatic carbocycles. The molecule has 0 saturated carbocycles. The van der Waals surface area contributed by atoms with Crippen LogP contribution in [0.4, 0.5) is 8.78 Å². The van der Waals surface area contributed by atoms with Crippen molar-refractivity contribution >= 4 is 25.0 Å². The number of fused-ring (bicyclic) bond motifs is 1. The first-order valence-electron chi connectivity index (χ1n) is 9.31. The number of benzene rings is 1. The van der Waals surface area contributed by atoms with Crippen molar-refractivity contribution in [3.05, 3.63) is 65.5 Å². The number of hydrogen-bond acceptors (Lipinski definition) is 4. The molecule has 0 saturated heterocycles. The molecule has 0 spiro atoms. The van der Waals surface area contributed by atoms with Gasteiger partial charge >= 0.3 is 0 Å². The molecule has 0 fully saturated rings. The van der Waals surface area contributed by atoms with Gasteiger partial charge in [0.05, 0.1) is 11.1 Å². The van der Waals surface area contributed by atoms with Crippen LogP contribution in [-0.2, 0) is 12.1 Å². The van der Waals surface area contributed by atoms with Crippen molar-refractivity contribution in [1.82, 2.24) is 9.55 Å². The van der Waals surface area contributed by atoms with Gasteiger partial charge in [-0.1, -0.05) is 43.4 Å². The van der Waals surface area contributed by atoms with Gasteiger partial charge in [-0.25, -0.2) is 18.8 Å². The number of nitrogens with two attached hydrogens (primary N) is 1. The van der Waals surface area contributed by atoms with Crippen LogP contribution in [0.5, 0.6) is 0 Å². The van der Waals surface area contributed by atoms with Crippen molar-refractivity contribution in [2.75, 3.05) is 6.67 Å². The second-order valence-electron chi connectivity index (χ2n) is 8.42. The molecule has 29 heavy (non-hydrogen) atoms. The van der Waals surface area contributed by atoms with Crippen LogP contribution >= 0.6 is 11.8 Å². The minimum absolute atomic E-state index is 0.185. The molecule has 2 aliphatic rings. The van der Waals surface area contributed by atoms with E-state index < -0.39 is 30.9 Å². The molecular weight excluding hydrogens is 406 g/mol. The Hall–Kier alpha value is -2.37. The van der Waals surface area contributed by atoms with Crippen molar-refractivity contribution in [2.24, 2.45) is 10.7 Å². The summed E-state index contributed by atoms with van der Waals surface area (Å²) in [6, 6.07) is 4.59. The smallest absolute Gasteiger partial charge is 0.156 e. The Morgan fingerprint density at radius 3 is 2.76 bits per heavy atom. The molecule has 4 nitrogen and oxygen atoms in total. The lowest BCUT2D eigenvalue weighted by molar-refractivity contribution is 0.344. The molecule has 0 unspecified atom stereocenters. The molecule has 1 aromatic carbocycles. The number of halogens is 2. The van der Waals surface area contributed by atoms with Gasteiger partial charge in [0, 0.05) is 30.1 Å². The zero-order valence-electron chi connectivity index (χ0n) is 16.5. The third kappa shape index (κ3) is 3.65. The summed E-state index contributed by atoms with van der Waals surface area (Å²) < 4.78 is 30.9. The molecule has 0 bridgehead atoms. The molecule has 2 aromatic rings. The summed E-state index contributed by atoms with van der Waals surface area (Å²) in [6.07, 6.45) is 7.17. The third-order valence-corrected chi connectivity index (χ3v) is 6.95. The first kappa shape index (κ1) is 19.9. The maximum absolute atomic E-state index is 14.9. The lowest BCUT2D eigenvalue weighted by Gasteiger charge is -2.35. The van der Waals surface area contributed by atoms with E-state index in [0.717, 1.165) is 5.57 Å². The second kappa shape index (κ2) is 6.85. The molecular formula is C21H22F2N4SSi. The van der Waals surface area contributed by atoms with Crippen LogP contribution in [0.3, 0.4) is 0 Å². The summed E-state index contributed by atoms with van der Waals surface area (Å²) in [7, 11) is -1.60. The van der Waals surface area contributed by atoms with Gasteiger partial charge in [0.2, 0.25) is 0 Å². The van der Waals surface area contributed by atoms with E-state index in [9.17, 15) is 8.78 Å². The van der Waals surface area contributed by atoms with Crippen LogP contribution in [0.25, 0.3) is 0 Å². The van der Waals surface area contributed by atoms with E-state index in [-0.39, 0.29) is 10.7 Å². The van der Waals surface area contributed by atoms with Crippen LogP contribution in [0.15, 0.2) is 53.6 Å². The van der Waals surface area contributed by atoms with Crippen LogP contribution in [0.2, 0.25) is 19.6 Å². The quantitative estimate of drug-likeness (QED) is 0.457. The zero-order valence-corrected chi connectivity index (χ0v) is 18.4. The summed E-state index contributed by atoms with van der Waals surface area (Å²) in [6.45, 7) is 6.08. The van der Waals surface area contributed by atoms with E-state index >= 15 is 0 Å². The van der Waals surface area contributed by atoms with Crippen LogP contribution in [0, 0.1) is 17.3 Å². The summed E-state index contributed by atoms with van der Waals surface area (Å²) in [4.78, 5) is 8.48. The first-order chi connectivity index (χ1) is 13.7. The summed E-state index contributed by atoms with van der Waals surface area (Å²) in [5.74, 6) is 2.62. The number of thioether (sulfide) groups is 1. The van der Waals surface area contributed by atoms with Crippen molar-refractivity contribution in [3.8, 4) is 11.5 Å². The van der Waals surface area contributed by atoms with Crippen LogP contribution in [-0.4, -0.2) is 34.2 Å². The Balaban J connectivity index is 1.77. The normalized spacial score (nSPS) is 25.4. The van der Waals surface area contributed by atoms with Gasteiger partial charge in [-0.15, -0.1) is 5.54 Å². The number of nitrogens with zero attached hydrogens (tertiary/aromatic N) is 3. The lowest BCUT2D eigenvalue weighted by atomic mass is 9.85. The average Bonchev–Trinajstić information content (AvgIpc) is 3.12. The largest absolute Gasteiger partial charge is 0.378 e. The third-order valence-electron chi connectivity index (χ3n) is 4.95. The van der Waals surface area contributed by atoms with Gasteiger partial charge in [-0.3, -0.25) is 0 Å². The molecule has 1 aliphatic heterocycles. The van der Waals surface area contributed by atoms with Crippen LogP contribution < -0.4 is 5.73 Å². The van der Waals surface area contributed by atoms with Gasteiger partial charge in [-0.05, 0) is 23.8 Å². The van der Waals surface area contributed by atoms with Crippen molar-refractivity contribution in [1.29, 1.82) is 0 Å². The highest BCUT2D eigenvalue weighted by Crippen LogP contribution is 2.61. The summed E-state index contributed by atoms with van der Waals surface area (Å²) in [5, 5.41) is 0.248. The first-order valence-corrected chi connectivity index (χ1v) is 13.6. The fourth-order valence-corrected chi connectivity index (χ4v) is 5.35. The summed E-state index contributed by atoms with van der Waals surface area (Å²) in [5.41, 5.74) is 9.51. The van der Waals surface area contributed by atoms with Crippen molar-refractivity contribution in [3.63, 3.8) is 0 Å². The number of aromatic nitrogens is 2. The Bertz CT molecular complexity index is 1080. The highest BCUT2D eigenvalue weighted by atomic mass is 32.2. The number of rotatable bonds is 4.